The number of rotatable bonds is 5. The molecule has 2 fully saturated rings. The maximum atomic E-state index is 5.60. The molecule has 0 aliphatic carbocycles. The number of morpholine rings is 1. The Hall–Kier alpha value is -0.380. The fourth-order valence-electron chi connectivity index (χ4n) is 4.86. The SMILES string of the molecule is CCC(C)=C(C(C)(C)N1CCCCC1)C(C)(C)N1CCOCC1. The first-order chi connectivity index (χ1) is 10.8. The molecule has 2 aliphatic rings. The quantitative estimate of drug-likeness (QED) is 0.709. The number of hydrogen-bond acceptors (Lipinski definition) is 3. The predicted octanol–water partition coefficient (Wildman–Crippen LogP) is 4.09. The number of allylic oxidation sites excluding steroid dienone is 1. The van der Waals surface area contributed by atoms with Crippen LogP contribution in [0.4, 0.5) is 0 Å². The molecule has 0 bridgehead atoms. The lowest BCUT2D eigenvalue weighted by Gasteiger charge is -2.52. The van der Waals surface area contributed by atoms with Gasteiger partial charge in [-0.15, -0.1) is 0 Å². The largest absolute Gasteiger partial charge is 0.379 e. The monoisotopic (exact) mass is 322 g/mol. The molecule has 134 valence electrons. The Morgan fingerprint density at radius 3 is 1.78 bits per heavy atom. The normalized spacial score (nSPS) is 23.7. The summed E-state index contributed by atoms with van der Waals surface area (Å²) >= 11 is 0. The Morgan fingerprint density at radius 2 is 1.30 bits per heavy atom. The molecule has 2 aliphatic heterocycles. The van der Waals surface area contributed by atoms with Crippen LogP contribution < -0.4 is 0 Å². The molecule has 0 radical (unpaired) electrons. The number of hydrogen-bond donors (Lipinski definition) is 0. The lowest BCUT2D eigenvalue weighted by Crippen LogP contribution is -2.59. The third-order valence-corrected chi connectivity index (χ3v) is 6.13. The van der Waals surface area contributed by atoms with E-state index in [2.05, 4.69) is 51.3 Å². The third kappa shape index (κ3) is 4.00. The summed E-state index contributed by atoms with van der Waals surface area (Å²) in [5, 5.41) is 0. The summed E-state index contributed by atoms with van der Waals surface area (Å²) in [6, 6.07) is 0. The lowest BCUT2D eigenvalue weighted by molar-refractivity contribution is -0.00947. The summed E-state index contributed by atoms with van der Waals surface area (Å²) in [4.78, 5) is 5.36. The van der Waals surface area contributed by atoms with Crippen molar-refractivity contribution in [1.29, 1.82) is 0 Å². The highest BCUT2D eigenvalue weighted by Gasteiger charge is 2.43. The van der Waals surface area contributed by atoms with Crippen LogP contribution in [0.1, 0.15) is 67.2 Å². The molecule has 23 heavy (non-hydrogen) atoms. The predicted molar refractivity (Wildman–Crippen MR) is 99.0 cm³/mol. The molecule has 0 spiro atoms. The van der Waals surface area contributed by atoms with Crippen molar-refractivity contribution < 1.29 is 4.74 Å². The molecule has 0 aromatic carbocycles. The van der Waals surface area contributed by atoms with Crippen LogP contribution in [-0.4, -0.2) is 60.3 Å². The van der Waals surface area contributed by atoms with E-state index in [1.165, 1.54) is 32.4 Å². The first-order valence-corrected chi connectivity index (χ1v) is 9.60. The molecule has 3 nitrogen and oxygen atoms in total. The van der Waals surface area contributed by atoms with E-state index in [0.29, 0.717) is 0 Å². The van der Waals surface area contributed by atoms with Gasteiger partial charge in [-0.1, -0.05) is 18.9 Å². The Labute approximate surface area is 144 Å². The van der Waals surface area contributed by atoms with Gasteiger partial charge in [0.1, 0.15) is 0 Å². The van der Waals surface area contributed by atoms with Crippen LogP contribution in [0, 0.1) is 0 Å². The van der Waals surface area contributed by atoms with Crippen LogP contribution in [-0.2, 0) is 4.74 Å². The second-order valence-corrected chi connectivity index (χ2v) is 8.27. The third-order valence-electron chi connectivity index (χ3n) is 6.13. The Balaban J connectivity index is 2.36. The summed E-state index contributed by atoms with van der Waals surface area (Å²) in [7, 11) is 0. The van der Waals surface area contributed by atoms with Gasteiger partial charge in [-0.05, 0) is 72.5 Å². The van der Waals surface area contributed by atoms with E-state index in [-0.39, 0.29) is 11.1 Å². The van der Waals surface area contributed by atoms with E-state index in [9.17, 15) is 0 Å². The summed E-state index contributed by atoms with van der Waals surface area (Å²) in [5.74, 6) is 0. The lowest BCUT2D eigenvalue weighted by atomic mass is 9.74. The highest BCUT2D eigenvalue weighted by molar-refractivity contribution is 5.34. The number of likely N-dealkylation sites (tertiary alicyclic amines) is 1. The first-order valence-electron chi connectivity index (χ1n) is 9.60. The van der Waals surface area contributed by atoms with E-state index >= 15 is 0 Å². The average Bonchev–Trinajstić information content (AvgIpc) is 2.56. The topological polar surface area (TPSA) is 15.7 Å². The van der Waals surface area contributed by atoms with Crippen molar-refractivity contribution in [2.45, 2.75) is 78.3 Å². The van der Waals surface area contributed by atoms with E-state index < -0.39 is 0 Å². The van der Waals surface area contributed by atoms with Gasteiger partial charge in [-0.2, -0.15) is 0 Å². The molecule has 0 N–H and O–H groups in total. The van der Waals surface area contributed by atoms with Gasteiger partial charge >= 0.3 is 0 Å². The summed E-state index contributed by atoms with van der Waals surface area (Å²) in [5.41, 5.74) is 3.42. The van der Waals surface area contributed by atoms with Gasteiger partial charge in [0.05, 0.1) is 13.2 Å². The molecule has 2 saturated heterocycles. The maximum absolute atomic E-state index is 5.60. The van der Waals surface area contributed by atoms with E-state index in [1.807, 2.05) is 0 Å². The zero-order valence-corrected chi connectivity index (χ0v) is 16.4. The number of ether oxygens (including phenoxy) is 1. The molecule has 0 amide bonds. The molecule has 0 saturated carbocycles. The summed E-state index contributed by atoms with van der Waals surface area (Å²) < 4.78 is 5.60. The van der Waals surface area contributed by atoms with Gasteiger partial charge in [-0.25, -0.2) is 0 Å². The molecule has 0 aromatic heterocycles. The summed E-state index contributed by atoms with van der Waals surface area (Å²) in [6.45, 7) is 20.7. The van der Waals surface area contributed by atoms with Crippen molar-refractivity contribution in [2.24, 2.45) is 0 Å². The van der Waals surface area contributed by atoms with E-state index in [4.69, 9.17) is 4.74 Å². The molecule has 3 heteroatoms. The van der Waals surface area contributed by atoms with Crippen LogP contribution in [0.5, 0.6) is 0 Å². The fraction of sp³-hybridized carbons (Fsp3) is 0.900. The van der Waals surface area contributed by atoms with E-state index in [0.717, 1.165) is 32.7 Å². The second kappa shape index (κ2) is 7.67. The van der Waals surface area contributed by atoms with Crippen LogP contribution in [0.15, 0.2) is 11.1 Å². The maximum Gasteiger partial charge on any atom is 0.0594 e. The van der Waals surface area contributed by atoms with Crippen LogP contribution in [0.3, 0.4) is 0 Å². The van der Waals surface area contributed by atoms with Crippen molar-refractivity contribution >= 4 is 0 Å². The zero-order chi connectivity index (χ0) is 17.1. The standard InChI is InChI=1S/C20H38N2O/c1-7-17(2)18(19(3,4)21-11-9-8-10-12-21)20(5,6)22-13-15-23-16-14-22/h7-16H2,1-6H3. The second-order valence-electron chi connectivity index (χ2n) is 8.27. The van der Waals surface area contributed by atoms with Crippen molar-refractivity contribution in [3.63, 3.8) is 0 Å². The molecule has 0 aromatic rings. The van der Waals surface area contributed by atoms with Gasteiger partial charge in [-0.3, -0.25) is 9.80 Å². The van der Waals surface area contributed by atoms with Crippen LogP contribution in [0.2, 0.25) is 0 Å². The van der Waals surface area contributed by atoms with Crippen molar-refractivity contribution in [3.05, 3.63) is 11.1 Å². The van der Waals surface area contributed by atoms with Crippen molar-refractivity contribution in [2.75, 3.05) is 39.4 Å². The van der Waals surface area contributed by atoms with Gasteiger partial charge in [0.25, 0.3) is 0 Å². The highest BCUT2D eigenvalue weighted by atomic mass is 16.5. The summed E-state index contributed by atoms with van der Waals surface area (Å²) in [6.07, 6.45) is 5.23. The first kappa shape index (κ1) is 19.0. The van der Waals surface area contributed by atoms with Crippen molar-refractivity contribution in [3.8, 4) is 0 Å². The fourth-order valence-corrected chi connectivity index (χ4v) is 4.86. The Kier molecular flexibility index (Phi) is 6.32. The molecule has 0 unspecified atom stereocenters. The van der Waals surface area contributed by atoms with Gasteiger partial charge in [0, 0.05) is 24.2 Å². The smallest absolute Gasteiger partial charge is 0.0594 e. The van der Waals surface area contributed by atoms with Gasteiger partial charge in [0.2, 0.25) is 0 Å². The number of nitrogens with zero attached hydrogens (tertiary/aromatic N) is 2. The number of piperidine rings is 1. The molecule has 2 heterocycles. The minimum atomic E-state index is 0.0881. The van der Waals surface area contributed by atoms with Crippen LogP contribution >= 0.6 is 0 Å². The van der Waals surface area contributed by atoms with Gasteiger partial charge in [0.15, 0.2) is 0 Å². The molecule has 0 atom stereocenters. The van der Waals surface area contributed by atoms with Crippen LogP contribution in [0.25, 0.3) is 0 Å². The highest BCUT2D eigenvalue weighted by Crippen LogP contribution is 2.40. The van der Waals surface area contributed by atoms with Gasteiger partial charge < -0.3 is 4.74 Å². The Morgan fingerprint density at radius 1 is 0.826 bits per heavy atom. The minimum Gasteiger partial charge on any atom is -0.379 e. The zero-order valence-electron chi connectivity index (χ0n) is 16.4. The van der Waals surface area contributed by atoms with Crippen molar-refractivity contribution in [1.82, 2.24) is 9.80 Å². The minimum absolute atomic E-state index is 0.0881. The Bertz CT molecular complexity index is 381. The molecule has 2 rings (SSSR count). The van der Waals surface area contributed by atoms with E-state index in [1.54, 1.807) is 11.1 Å². The molecular weight excluding hydrogens is 284 g/mol. The average molecular weight is 323 g/mol. The molecular formula is C20H38N2O.